The van der Waals surface area contributed by atoms with Gasteiger partial charge in [0.2, 0.25) is 0 Å². The van der Waals surface area contributed by atoms with Gasteiger partial charge in [-0.2, -0.15) is 0 Å². The van der Waals surface area contributed by atoms with Crippen LogP contribution < -0.4 is 9.47 Å². The molecule has 0 saturated heterocycles. The van der Waals surface area contributed by atoms with Crippen LogP contribution in [0, 0.1) is 0 Å². The fourth-order valence-corrected chi connectivity index (χ4v) is 14.6. The maximum absolute atomic E-state index is 5.47. The molecule has 0 saturated carbocycles. The Bertz CT molecular complexity index is 821. The quantitative estimate of drug-likeness (QED) is 0.406. The summed E-state index contributed by atoms with van der Waals surface area (Å²) < 4.78 is 19.7. The number of hydrogen-bond acceptors (Lipinski definition) is 10. The molecule has 0 amide bonds. The van der Waals surface area contributed by atoms with Crippen molar-refractivity contribution in [2.75, 3.05) is 25.7 Å². The van der Waals surface area contributed by atoms with Crippen molar-refractivity contribution in [2.45, 2.75) is 9.79 Å². The average Bonchev–Trinajstić information content (AvgIpc) is 3.28. The topological polar surface area (TPSA) is 18.5 Å². The Labute approximate surface area is 186 Å². The van der Waals surface area contributed by atoms with Crippen LogP contribution in [-0.4, -0.2) is 25.7 Å². The maximum Gasteiger partial charge on any atom is 0.161 e. The minimum atomic E-state index is 0.797. The highest BCUT2D eigenvalue weighted by molar-refractivity contribution is 8.45. The van der Waals surface area contributed by atoms with E-state index in [0.717, 1.165) is 11.5 Å². The van der Waals surface area contributed by atoms with Gasteiger partial charge in [-0.05, 0) is 12.1 Å². The van der Waals surface area contributed by atoms with Crippen LogP contribution in [0.1, 0.15) is 0 Å². The first-order valence-corrected chi connectivity index (χ1v) is 14.4. The molecule has 1 aromatic rings. The number of hydrogen-bond donors (Lipinski definition) is 0. The van der Waals surface area contributed by atoms with Crippen LogP contribution in [0.4, 0.5) is 0 Å². The molecule has 4 aliphatic heterocycles. The van der Waals surface area contributed by atoms with Crippen LogP contribution in [0.25, 0.3) is 0 Å². The van der Waals surface area contributed by atoms with Crippen molar-refractivity contribution >= 4 is 94.1 Å². The lowest BCUT2D eigenvalue weighted by Gasteiger charge is -2.18. The van der Waals surface area contributed by atoms with E-state index in [4.69, 9.17) is 9.47 Å². The molecule has 0 atom stereocenters. The Morgan fingerprint density at radius 2 is 0.962 bits per heavy atom. The van der Waals surface area contributed by atoms with Gasteiger partial charge in [0.25, 0.3) is 0 Å². The summed E-state index contributed by atoms with van der Waals surface area (Å²) in [5.41, 5.74) is 0. The molecule has 1 aromatic carbocycles. The molecule has 0 unspecified atom stereocenters. The molecule has 2 nitrogen and oxygen atoms in total. The van der Waals surface area contributed by atoms with Crippen molar-refractivity contribution < 1.29 is 9.47 Å². The number of ether oxygens (including phenoxy) is 2. The van der Waals surface area contributed by atoms with E-state index in [1.54, 1.807) is 14.2 Å². The van der Waals surface area contributed by atoms with Crippen molar-refractivity contribution in [3.8, 4) is 11.5 Å². The molecular weight excluding hydrogens is 481 g/mol. The zero-order valence-electron chi connectivity index (χ0n) is 13.7. The molecule has 136 valence electrons. The molecule has 0 aromatic heterocycles. The number of thioether (sulfide) groups is 8. The Balaban J connectivity index is 1.38. The van der Waals surface area contributed by atoms with Gasteiger partial charge in [-0.25, -0.2) is 0 Å². The predicted octanol–water partition coefficient (Wildman–Crippen LogP) is 7.72. The highest BCUT2D eigenvalue weighted by atomic mass is 32.3. The third-order valence-electron chi connectivity index (χ3n) is 3.65. The van der Waals surface area contributed by atoms with E-state index in [2.05, 4.69) is 12.1 Å². The third kappa shape index (κ3) is 3.46. The van der Waals surface area contributed by atoms with Gasteiger partial charge in [-0.3, -0.25) is 0 Å². The van der Waals surface area contributed by atoms with Gasteiger partial charge in [-0.15, -0.1) is 23.5 Å². The largest absolute Gasteiger partial charge is 0.493 e. The Morgan fingerprint density at radius 1 is 0.577 bits per heavy atom. The predicted molar refractivity (Wildman–Crippen MR) is 128 cm³/mol. The number of benzene rings is 1. The number of rotatable bonds is 2. The van der Waals surface area contributed by atoms with Crippen LogP contribution >= 0.6 is 94.1 Å². The summed E-state index contributed by atoms with van der Waals surface area (Å²) in [6.45, 7) is 0. The second-order valence-electron chi connectivity index (χ2n) is 5.19. The minimum absolute atomic E-state index is 0.797. The Hall–Kier alpha value is 0.840. The molecule has 4 heterocycles. The summed E-state index contributed by atoms with van der Waals surface area (Å²) in [5.74, 6) is 4.06. The Kier molecular flexibility index (Phi) is 5.75. The maximum atomic E-state index is 5.47. The van der Waals surface area contributed by atoms with Crippen molar-refractivity contribution in [1.82, 2.24) is 0 Å². The van der Waals surface area contributed by atoms with Crippen LogP contribution in [0.15, 0.2) is 47.3 Å². The van der Waals surface area contributed by atoms with Gasteiger partial charge in [0, 0.05) is 21.3 Å². The van der Waals surface area contributed by atoms with E-state index in [0.29, 0.717) is 0 Å². The smallest absolute Gasteiger partial charge is 0.161 e. The van der Waals surface area contributed by atoms with E-state index in [-0.39, 0.29) is 0 Å². The molecule has 26 heavy (non-hydrogen) atoms. The highest BCUT2D eigenvalue weighted by Crippen LogP contribution is 2.69. The first-order valence-electron chi connectivity index (χ1n) is 7.56. The van der Waals surface area contributed by atoms with E-state index in [1.807, 2.05) is 94.1 Å². The number of fused-ring (bicyclic) bond motifs is 1. The van der Waals surface area contributed by atoms with Crippen LogP contribution in [0.5, 0.6) is 11.5 Å². The highest BCUT2D eigenvalue weighted by Gasteiger charge is 2.34. The van der Waals surface area contributed by atoms with Crippen molar-refractivity contribution in [2.24, 2.45) is 0 Å². The molecule has 0 radical (unpaired) electrons. The molecule has 0 N–H and O–H groups in total. The van der Waals surface area contributed by atoms with Gasteiger partial charge < -0.3 is 9.47 Å². The summed E-state index contributed by atoms with van der Waals surface area (Å²) >= 11 is 15.5. The normalized spacial score (nSPS) is 21.8. The minimum Gasteiger partial charge on any atom is -0.493 e. The standard InChI is InChI=1S/C16H12O2S8/c1-17-7-5-9-10(6-8(7)18-2)22-14-13(21-9)25-16(26-14)15-23-11-12(24-15)20-4-3-19-11/h5-6H,3-4H2,1-2H3. The first kappa shape index (κ1) is 18.8. The van der Waals surface area contributed by atoms with E-state index in [1.165, 1.54) is 46.7 Å². The van der Waals surface area contributed by atoms with Gasteiger partial charge >= 0.3 is 0 Å². The molecule has 10 heteroatoms. The molecular formula is C16H12O2S8. The molecule has 4 aliphatic rings. The molecule has 0 bridgehead atoms. The average molecular weight is 493 g/mol. The fourth-order valence-electron chi connectivity index (χ4n) is 2.48. The SMILES string of the molecule is COc1cc2c(cc1OC)SC1=C(SC(=C3SC4=C(SCCS4)S3)S1)S2. The van der Waals surface area contributed by atoms with Gasteiger partial charge in [0.15, 0.2) is 11.5 Å². The van der Waals surface area contributed by atoms with E-state index in [9.17, 15) is 0 Å². The zero-order chi connectivity index (χ0) is 17.7. The van der Waals surface area contributed by atoms with Crippen LogP contribution in [0.2, 0.25) is 0 Å². The van der Waals surface area contributed by atoms with Crippen molar-refractivity contribution in [3.63, 3.8) is 0 Å². The summed E-state index contributed by atoms with van der Waals surface area (Å²) in [7, 11) is 3.38. The van der Waals surface area contributed by atoms with Gasteiger partial charge in [0.05, 0.1) is 39.6 Å². The summed E-state index contributed by atoms with van der Waals surface area (Å²) in [6.07, 6.45) is 0. The second kappa shape index (κ2) is 7.93. The monoisotopic (exact) mass is 492 g/mol. The fraction of sp³-hybridized carbons (Fsp3) is 0.250. The van der Waals surface area contributed by atoms with Crippen LogP contribution in [0.3, 0.4) is 0 Å². The van der Waals surface area contributed by atoms with Gasteiger partial charge in [-0.1, -0.05) is 70.6 Å². The molecule has 0 spiro atoms. The number of methoxy groups -OCH3 is 2. The summed E-state index contributed by atoms with van der Waals surface area (Å²) in [5, 5.41) is 0. The molecule has 0 fully saturated rings. The van der Waals surface area contributed by atoms with Crippen molar-refractivity contribution in [1.29, 1.82) is 0 Å². The molecule has 0 aliphatic carbocycles. The lowest BCUT2D eigenvalue weighted by Crippen LogP contribution is -1.94. The zero-order valence-corrected chi connectivity index (χ0v) is 20.2. The Morgan fingerprint density at radius 3 is 1.38 bits per heavy atom. The molecule has 5 rings (SSSR count). The van der Waals surface area contributed by atoms with E-state index < -0.39 is 0 Å². The lowest BCUT2D eigenvalue weighted by molar-refractivity contribution is 0.352. The van der Waals surface area contributed by atoms with Gasteiger partial charge in [0.1, 0.15) is 0 Å². The third-order valence-corrected chi connectivity index (χ3v) is 15.6. The lowest BCUT2D eigenvalue weighted by atomic mass is 10.3. The second-order valence-corrected chi connectivity index (χ2v) is 15.1. The van der Waals surface area contributed by atoms with E-state index >= 15 is 0 Å². The summed E-state index contributed by atoms with van der Waals surface area (Å²) in [6, 6.07) is 4.19. The van der Waals surface area contributed by atoms with Crippen molar-refractivity contribution in [3.05, 3.63) is 37.6 Å². The summed E-state index contributed by atoms with van der Waals surface area (Å²) in [4.78, 5) is 2.50. The van der Waals surface area contributed by atoms with Crippen LogP contribution in [-0.2, 0) is 0 Å². The first-order chi connectivity index (χ1) is 12.7.